The zero-order valence-corrected chi connectivity index (χ0v) is 20.7. The molecular formula is C26H28N4O4S. The van der Waals surface area contributed by atoms with E-state index >= 15 is 0 Å². The number of amides is 2. The van der Waals surface area contributed by atoms with Crippen LogP contribution < -0.4 is 14.8 Å². The quantitative estimate of drug-likeness (QED) is 0.429. The van der Waals surface area contributed by atoms with E-state index in [9.17, 15) is 9.59 Å². The van der Waals surface area contributed by atoms with Crippen molar-refractivity contribution < 1.29 is 19.1 Å². The van der Waals surface area contributed by atoms with Crippen molar-refractivity contribution >= 4 is 34.3 Å². The van der Waals surface area contributed by atoms with Gasteiger partial charge in [0.2, 0.25) is 0 Å². The maximum absolute atomic E-state index is 12.8. The average Bonchev–Trinajstić information content (AvgIpc) is 3.43. The van der Waals surface area contributed by atoms with Crippen molar-refractivity contribution in [3.8, 4) is 11.5 Å². The molecule has 0 bridgehead atoms. The lowest BCUT2D eigenvalue weighted by Gasteiger charge is -2.28. The summed E-state index contributed by atoms with van der Waals surface area (Å²) in [5.41, 5.74) is 4.00. The van der Waals surface area contributed by atoms with Gasteiger partial charge in [0, 0.05) is 24.0 Å². The molecule has 1 aromatic heterocycles. The summed E-state index contributed by atoms with van der Waals surface area (Å²) < 4.78 is 10.8. The van der Waals surface area contributed by atoms with E-state index in [4.69, 9.17) is 14.6 Å². The summed E-state index contributed by atoms with van der Waals surface area (Å²) in [4.78, 5) is 27.8. The van der Waals surface area contributed by atoms with E-state index in [0.717, 1.165) is 23.3 Å². The first-order chi connectivity index (χ1) is 17.0. The summed E-state index contributed by atoms with van der Waals surface area (Å²) in [6, 6.07) is 16.8. The number of aromatic amines is 1. The number of hydrogen-bond donors (Lipinski definition) is 2. The standard InChI is InChI=1S/C26H28N4O4S/c1-4-23-24(18-9-12-21(33-2)22(16-18)34-3)29-30(26(32)35-23)15-13-17-7-10-19(11-8-17)28-25(31)20-6-5-14-27-20/h5-12,14,16,23,27H,4,13,15H2,1-3H3,(H,28,31). The molecule has 9 heteroatoms. The van der Waals surface area contributed by atoms with E-state index in [1.807, 2.05) is 49.4 Å². The lowest BCUT2D eigenvalue weighted by Crippen LogP contribution is -2.36. The normalized spacial score (nSPS) is 15.5. The molecule has 1 atom stereocenters. The first-order valence-electron chi connectivity index (χ1n) is 11.3. The molecule has 182 valence electrons. The summed E-state index contributed by atoms with van der Waals surface area (Å²) in [7, 11) is 3.20. The van der Waals surface area contributed by atoms with Gasteiger partial charge < -0.3 is 19.8 Å². The summed E-state index contributed by atoms with van der Waals surface area (Å²) in [6.07, 6.45) is 3.13. The Morgan fingerprint density at radius 2 is 1.89 bits per heavy atom. The van der Waals surface area contributed by atoms with Gasteiger partial charge in [-0.15, -0.1) is 0 Å². The van der Waals surface area contributed by atoms with Gasteiger partial charge in [-0.05, 0) is 60.9 Å². The minimum absolute atomic E-state index is 0.0283. The second-order valence-corrected chi connectivity index (χ2v) is 9.10. The number of nitrogens with zero attached hydrogens (tertiary/aromatic N) is 2. The zero-order chi connectivity index (χ0) is 24.8. The number of anilines is 1. The first kappa shape index (κ1) is 24.4. The number of hydrogen-bond acceptors (Lipinski definition) is 6. The third-order valence-electron chi connectivity index (χ3n) is 5.70. The molecule has 1 unspecified atom stereocenters. The molecule has 4 rings (SSSR count). The fraction of sp³-hybridized carbons (Fsp3) is 0.269. The molecule has 35 heavy (non-hydrogen) atoms. The average molecular weight is 493 g/mol. The van der Waals surface area contributed by atoms with Gasteiger partial charge in [0.15, 0.2) is 11.5 Å². The Hall–Kier alpha value is -3.72. The Labute approximate surface area is 208 Å². The Bertz CT molecular complexity index is 1210. The highest BCUT2D eigenvalue weighted by molar-refractivity contribution is 8.14. The molecule has 0 saturated heterocycles. The van der Waals surface area contributed by atoms with E-state index in [0.29, 0.717) is 35.8 Å². The third kappa shape index (κ3) is 5.68. The second-order valence-electron chi connectivity index (χ2n) is 7.94. The van der Waals surface area contributed by atoms with Crippen molar-refractivity contribution in [1.82, 2.24) is 9.99 Å². The van der Waals surface area contributed by atoms with Gasteiger partial charge in [-0.25, -0.2) is 5.01 Å². The molecule has 0 spiro atoms. The number of carbonyl (C=O) groups excluding carboxylic acids is 2. The Balaban J connectivity index is 1.45. The highest BCUT2D eigenvalue weighted by Gasteiger charge is 2.30. The lowest BCUT2D eigenvalue weighted by atomic mass is 10.0. The van der Waals surface area contributed by atoms with Crippen LogP contribution in [0.25, 0.3) is 0 Å². The number of methoxy groups -OCH3 is 2. The van der Waals surface area contributed by atoms with Crippen LogP contribution in [-0.4, -0.2) is 52.9 Å². The molecule has 2 heterocycles. The van der Waals surface area contributed by atoms with E-state index in [1.54, 1.807) is 32.5 Å². The van der Waals surface area contributed by atoms with Gasteiger partial charge >= 0.3 is 5.24 Å². The molecule has 1 aliphatic heterocycles. The number of carbonyl (C=O) groups is 2. The molecule has 2 aromatic carbocycles. The molecule has 1 aliphatic rings. The van der Waals surface area contributed by atoms with Gasteiger partial charge in [0.1, 0.15) is 5.69 Å². The number of nitrogens with one attached hydrogen (secondary N) is 2. The SMILES string of the molecule is CCC1SC(=O)N(CCc2ccc(NC(=O)c3ccc[nH]3)cc2)N=C1c1ccc(OC)c(OC)c1. The van der Waals surface area contributed by atoms with Gasteiger partial charge in [0.05, 0.1) is 25.2 Å². The van der Waals surface area contributed by atoms with Crippen molar-refractivity contribution in [2.45, 2.75) is 25.0 Å². The maximum atomic E-state index is 12.8. The van der Waals surface area contributed by atoms with Crippen LogP contribution in [0.1, 0.15) is 35.0 Å². The Kier molecular flexibility index (Phi) is 7.77. The molecule has 0 radical (unpaired) electrons. The molecule has 2 amide bonds. The maximum Gasteiger partial charge on any atom is 0.302 e. The van der Waals surface area contributed by atoms with E-state index in [2.05, 4.69) is 10.3 Å². The zero-order valence-electron chi connectivity index (χ0n) is 19.9. The molecule has 3 aromatic rings. The largest absolute Gasteiger partial charge is 0.493 e. The fourth-order valence-electron chi connectivity index (χ4n) is 3.79. The van der Waals surface area contributed by atoms with Gasteiger partial charge in [-0.3, -0.25) is 9.59 Å². The monoisotopic (exact) mass is 492 g/mol. The number of benzene rings is 2. The lowest BCUT2D eigenvalue weighted by molar-refractivity contribution is 0.102. The van der Waals surface area contributed by atoms with Crippen molar-refractivity contribution in [2.75, 3.05) is 26.1 Å². The van der Waals surface area contributed by atoms with E-state index in [1.165, 1.54) is 16.8 Å². The summed E-state index contributed by atoms with van der Waals surface area (Å²) in [5, 5.41) is 9.04. The van der Waals surface area contributed by atoms with Gasteiger partial charge in [0.25, 0.3) is 5.91 Å². The molecule has 8 nitrogen and oxygen atoms in total. The number of rotatable bonds is 9. The molecular weight excluding hydrogens is 464 g/mol. The number of ether oxygens (including phenoxy) is 2. The topological polar surface area (TPSA) is 96.0 Å². The minimum atomic E-state index is -0.193. The molecule has 2 N–H and O–H groups in total. The van der Waals surface area contributed by atoms with Gasteiger partial charge in [-0.1, -0.05) is 30.8 Å². The highest BCUT2D eigenvalue weighted by Crippen LogP contribution is 2.33. The third-order valence-corrected chi connectivity index (χ3v) is 6.96. The predicted octanol–water partition coefficient (Wildman–Crippen LogP) is 5.18. The van der Waals surface area contributed by atoms with Crippen LogP contribution in [0.4, 0.5) is 10.5 Å². The number of hydrazone groups is 1. The smallest absolute Gasteiger partial charge is 0.302 e. The number of H-pyrrole nitrogens is 1. The Morgan fingerprint density at radius 1 is 1.11 bits per heavy atom. The van der Waals surface area contributed by atoms with Crippen LogP contribution >= 0.6 is 11.8 Å². The van der Waals surface area contributed by atoms with Crippen LogP contribution in [0, 0.1) is 0 Å². The highest BCUT2D eigenvalue weighted by atomic mass is 32.2. The van der Waals surface area contributed by atoms with Crippen molar-refractivity contribution in [3.63, 3.8) is 0 Å². The number of aromatic nitrogens is 1. The van der Waals surface area contributed by atoms with E-state index < -0.39 is 0 Å². The molecule has 0 aliphatic carbocycles. The second kappa shape index (κ2) is 11.1. The summed E-state index contributed by atoms with van der Waals surface area (Å²) in [6.45, 7) is 2.50. The summed E-state index contributed by atoms with van der Waals surface area (Å²) in [5.74, 6) is 1.08. The first-order valence-corrected chi connectivity index (χ1v) is 12.2. The van der Waals surface area contributed by atoms with Crippen LogP contribution in [0.5, 0.6) is 11.5 Å². The molecule has 0 saturated carbocycles. The van der Waals surface area contributed by atoms with Crippen LogP contribution in [0.3, 0.4) is 0 Å². The van der Waals surface area contributed by atoms with Crippen LogP contribution in [-0.2, 0) is 6.42 Å². The van der Waals surface area contributed by atoms with Crippen molar-refractivity contribution in [3.05, 3.63) is 77.6 Å². The minimum Gasteiger partial charge on any atom is -0.493 e. The summed E-state index contributed by atoms with van der Waals surface area (Å²) >= 11 is 1.30. The Morgan fingerprint density at radius 3 is 2.54 bits per heavy atom. The van der Waals surface area contributed by atoms with Gasteiger partial charge in [-0.2, -0.15) is 5.10 Å². The van der Waals surface area contributed by atoms with Crippen molar-refractivity contribution in [1.29, 1.82) is 0 Å². The van der Waals surface area contributed by atoms with E-state index in [-0.39, 0.29) is 16.4 Å². The number of thioether (sulfide) groups is 1. The predicted molar refractivity (Wildman–Crippen MR) is 139 cm³/mol. The van der Waals surface area contributed by atoms with Crippen LogP contribution in [0.2, 0.25) is 0 Å². The molecule has 0 fully saturated rings. The fourth-order valence-corrected chi connectivity index (χ4v) is 4.75. The van der Waals surface area contributed by atoms with Crippen molar-refractivity contribution in [2.24, 2.45) is 5.10 Å². The van der Waals surface area contributed by atoms with Crippen LogP contribution in [0.15, 0.2) is 65.9 Å².